The van der Waals surface area contributed by atoms with Gasteiger partial charge in [-0.3, -0.25) is 0 Å². The van der Waals surface area contributed by atoms with Crippen molar-refractivity contribution in [3.8, 4) is 17.2 Å². The molecule has 0 atom stereocenters. The number of hydrogen-bond acceptors (Lipinski definition) is 5. The minimum absolute atomic E-state index is 0.159. The molecule has 112 valence electrons. The van der Waals surface area contributed by atoms with Gasteiger partial charge in [-0.15, -0.1) is 0 Å². The van der Waals surface area contributed by atoms with E-state index in [0.717, 1.165) is 12.1 Å². The number of urea groups is 1. The zero-order valence-corrected chi connectivity index (χ0v) is 11.5. The van der Waals surface area contributed by atoms with E-state index < -0.39 is 23.3 Å². The maximum atomic E-state index is 11.5. The molecule has 1 rings (SSSR count). The maximum Gasteiger partial charge on any atom is 0.319 e. The van der Waals surface area contributed by atoms with E-state index in [2.05, 4.69) is 10.6 Å². The average Bonchev–Trinajstić information content (AvgIpc) is 2.35. The number of nitrogens with one attached hydrogen (secondary N) is 2. The van der Waals surface area contributed by atoms with Crippen molar-refractivity contribution >= 4 is 11.7 Å². The lowest BCUT2D eigenvalue weighted by Gasteiger charge is -2.10. The second-order valence-corrected chi connectivity index (χ2v) is 4.52. The first-order valence-electron chi connectivity index (χ1n) is 6.31. The van der Waals surface area contributed by atoms with E-state index in [1.807, 2.05) is 13.8 Å². The van der Waals surface area contributed by atoms with Gasteiger partial charge in [0.2, 0.25) is 0 Å². The molecule has 0 heterocycles. The van der Waals surface area contributed by atoms with Gasteiger partial charge < -0.3 is 30.7 Å². The van der Waals surface area contributed by atoms with Gasteiger partial charge in [0.25, 0.3) is 0 Å². The van der Waals surface area contributed by atoms with E-state index in [9.17, 15) is 15.0 Å². The highest BCUT2D eigenvalue weighted by atomic mass is 16.5. The van der Waals surface area contributed by atoms with Crippen molar-refractivity contribution in [1.29, 1.82) is 0 Å². The Labute approximate surface area is 117 Å². The summed E-state index contributed by atoms with van der Waals surface area (Å²) >= 11 is 0. The SMILES string of the molecule is CC(C)OCCCNC(=O)Nc1cc(O)c(O)c(O)c1. The fraction of sp³-hybridized carbons (Fsp3) is 0.462. The van der Waals surface area contributed by atoms with Crippen molar-refractivity contribution in [3.05, 3.63) is 12.1 Å². The van der Waals surface area contributed by atoms with E-state index in [-0.39, 0.29) is 11.8 Å². The average molecular weight is 284 g/mol. The number of aromatic hydroxyl groups is 3. The molecule has 0 aliphatic heterocycles. The molecule has 7 heteroatoms. The largest absolute Gasteiger partial charge is 0.504 e. The molecule has 0 fully saturated rings. The molecule has 0 unspecified atom stereocenters. The molecule has 5 N–H and O–H groups in total. The Bertz CT molecular complexity index is 439. The normalized spacial score (nSPS) is 10.6. The van der Waals surface area contributed by atoms with Crippen molar-refractivity contribution in [2.24, 2.45) is 0 Å². The van der Waals surface area contributed by atoms with Crippen LogP contribution in [0, 0.1) is 0 Å². The lowest BCUT2D eigenvalue weighted by molar-refractivity contribution is 0.0775. The predicted molar refractivity (Wildman–Crippen MR) is 74.2 cm³/mol. The van der Waals surface area contributed by atoms with Gasteiger partial charge >= 0.3 is 6.03 Å². The van der Waals surface area contributed by atoms with Crippen LogP contribution in [0.2, 0.25) is 0 Å². The van der Waals surface area contributed by atoms with Gasteiger partial charge in [-0.2, -0.15) is 0 Å². The van der Waals surface area contributed by atoms with Crippen LogP contribution in [-0.2, 0) is 4.74 Å². The van der Waals surface area contributed by atoms with Gasteiger partial charge in [-0.05, 0) is 20.3 Å². The number of amides is 2. The van der Waals surface area contributed by atoms with E-state index in [4.69, 9.17) is 9.84 Å². The van der Waals surface area contributed by atoms with Crippen molar-refractivity contribution in [2.45, 2.75) is 26.4 Å². The van der Waals surface area contributed by atoms with E-state index in [1.165, 1.54) is 0 Å². The number of benzene rings is 1. The van der Waals surface area contributed by atoms with Crippen LogP contribution in [0.5, 0.6) is 17.2 Å². The number of carbonyl (C=O) groups is 1. The standard InChI is InChI=1S/C13H20N2O5/c1-8(2)20-5-3-4-14-13(19)15-9-6-10(16)12(18)11(17)7-9/h6-8,16-18H,3-5H2,1-2H3,(H2,14,15,19). The Morgan fingerprint density at radius 1 is 1.25 bits per heavy atom. The van der Waals surface area contributed by atoms with Crippen LogP contribution < -0.4 is 10.6 Å². The summed E-state index contributed by atoms with van der Waals surface area (Å²) in [6.07, 6.45) is 0.837. The number of anilines is 1. The first kappa shape index (κ1) is 15.9. The third-order valence-corrected chi connectivity index (χ3v) is 2.39. The van der Waals surface area contributed by atoms with Crippen LogP contribution >= 0.6 is 0 Å². The quantitative estimate of drug-likeness (QED) is 0.310. The molecule has 0 bridgehead atoms. The van der Waals surface area contributed by atoms with Gasteiger partial charge in [0.15, 0.2) is 17.2 Å². The van der Waals surface area contributed by atoms with Crippen molar-refractivity contribution in [3.63, 3.8) is 0 Å². The lowest BCUT2D eigenvalue weighted by Crippen LogP contribution is -2.30. The maximum absolute atomic E-state index is 11.5. The van der Waals surface area contributed by atoms with Gasteiger partial charge in [-0.25, -0.2) is 4.79 Å². The van der Waals surface area contributed by atoms with Crippen LogP contribution in [0.4, 0.5) is 10.5 Å². The van der Waals surface area contributed by atoms with Crippen LogP contribution in [0.1, 0.15) is 20.3 Å². The predicted octanol–water partition coefficient (Wildman–Crippen LogP) is 1.74. The second kappa shape index (κ2) is 7.44. The zero-order valence-electron chi connectivity index (χ0n) is 11.5. The number of hydrogen-bond donors (Lipinski definition) is 5. The van der Waals surface area contributed by atoms with E-state index in [0.29, 0.717) is 19.6 Å². The first-order valence-corrected chi connectivity index (χ1v) is 6.31. The zero-order chi connectivity index (χ0) is 15.1. The van der Waals surface area contributed by atoms with Crippen molar-refractivity contribution < 1.29 is 24.9 Å². The van der Waals surface area contributed by atoms with Crippen LogP contribution in [-0.4, -0.2) is 40.6 Å². The minimum Gasteiger partial charge on any atom is -0.504 e. The Balaban J connectivity index is 2.36. The van der Waals surface area contributed by atoms with Crippen molar-refractivity contribution in [1.82, 2.24) is 5.32 Å². The summed E-state index contributed by atoms with van der Waals surface area (Å²) in [6.45, 7) is 4.86. The van der Waals surface area contributed by atoms with E-state index >= 15 is 0 Å². The minimum atomic E-state index is -0.623. The molecule has 0 aromatic heterocycles. The van der Waals surface area contributed by atoms with Gasteiger partial charge in [0.1, 0.15) is 0 Å². The molecule has 20 heavy (non-hydrogen) atoms. The highest BCUT2D eigenvalue weighted by Crippen LogP contribution is 2.37. The van der Waals surface area contributed by atoms with Crippen LogP contribution in [0.15, 0.2) is 12.1 Å². The summed E-state index contributed by atoms with van der Waals surface area (Å²) in [5.41, 5.74) is 0.175. The highest BCUT2D eigenvalue weighted by Gasteiger charge is 2.09. The van der Waals surface area contributed by atoms with Gasteiger partial charge in [0, 0.05) is 25.3 Å². The molecule has 0 saturated carbocycles. The van der Waals surface area contributed by atoms with Crippen LogP contribution in [0.3, 0.4) is 0 Å². The molecule has 0 aliphatic carbocycles. The fourth-order valence-corrected chi connectivity index (χ4v) is 1.44. The third kappa shape index (κ3) is 5.23. The van der Waals surface area contributed by atoms with Crippen molar-refractivity contribution in [2.75, 3.05) is 18.5 Å². The molecule has 0 spiro atoms. The Kier molecular flexibility index (Phi) is 5.92. The number of phenols is 3. The molecule has 7 nitrogen and oxygen atoms in total. The summed E-state index contributed by atoms with van der Waals surface area (Å²) in [4.78, 5) is 11.5. The topological polar surface area (TPSA) is 111 Å². The monoisotopic (exact) mass is 284 g/mol. The molecular formula is C13H20N2O5. The number of rotatable bonds is 6. The third-order valence-electron chi connectivity index (χ3n) is 2.39. The van der Waals surface area contributed by atoms with E-state index in [1.54, 1.807) is 0 Å². The molecule has 1 aromatic rings. The van der Waals surface area contributed by atoms with Gasteiger partial charge in [-0.1, -0.05) is 0 Å². The molecule has 0 aliphatic rings. The molecular weight excluding hydrogens is 264 g/mol. The summed E-state index contributed by atoms with van der Waals surface area (Å²) in [6, 6.07) is 1.80. The number of phenolic OH excluding ortho intramolecular Hbond substituents is 3. The Morgan fingerprint density at radius 3 is 2.40 bits per heavy atom. The highest BCUT2D eigenvalue weighted by molar-refractivity contribution is 5.90. The molecule has 1 aromatic carbocycles. The summed E-state index contributed by atoms with van der Waals surface area (Å²) in [5.74, 6) is -1.64. The Hall–Kier alpha value is -2.15. The molecule has 2 amide bonds. The summed E-state index contributed by atoms with van der Waals surface area (Å²) in [5, 5.41) is 32.8. The number of ether oxygens (including phenoxy) is 1. The Morgan fingerprint density at radius 2 is 1.85 bits per heavy atom. The smallest absolute Gasteiger partial charge is 0.319 e. The molecule has 0 radical (unpaired) electrons. The first-order chi connectivity index (χ1) is 9.40. The van der Waals surface area contributed by atoms with Crippen LogP contribution in [0.25, 0.3) is 0 Å². The second-order valence-electron chi connectivity index (χ2n) is 4.52. The van der Waals surface area contributed by atoms with Gasteiger partial charge in [0.05, 0.1) is 11.8 Å². The summed E-state index contributed by atoms with van der Waals surface area (Å²) in [7, 11) is 0. The fourth-order valence-electron chi connectivity index (χ4n) is 1.44. The number of carbonyl (C=O) groups excluding carboxylic acids is 1. The molecule has 0 saturated heterocycles. The summed E-state index contributed by atoms with van der Waals surface area (Å²) < 4.78 is 5.32. The lowest BCUT2D eigenvalue weighted by atomic mass is 10.2.